The van der Waals surface area contributed by atoms with E-state index in [9.17, 15) is 9.59 Å². The van der Waals surface area contributed by atoms with Crippen molar-refractivity contribution in [1.82, 2.24) is 24.4 Å². The third-order valence-electron chi connectivity index (χ3n) is 6.04. The van der Waals surface area contributed by atoms with Gasteiger partial charge in [0.1, 0.15) is 10.8 Å². The fourth-order valence-corrected chi connectivity index (χ4v) is 5.05. The van der Waals surface area contributed by atoms with E-state index in [1.165, 1.54) is 15.9 Å². The molecule has 0 spiro atoms. The van der Waals surface area contributed by atoms with Gasteiger partial charge in [0.25, 0.3) is 11.5 Å². The fraction of sp³-hybridized carbons (Fsp3) is 0.280. The Bertz CT molecular complexity index is 1410. The van der Waals surface area contributed by atoms with Crippen LogP contribution in [0.3, 0.4) is 0 Å². The monoisotopic (exact) mass is 475 g/mol. The minimum absolute atomic E-state index is 0.0743. The maximum absolute atomic E-state index is 12.9. The van der Waals surface area contributed by atoms with Crippen LogP contribution in [0.4, 0.5) is 0 Å². The summed E-state index contributed by atoms with van der Waals surface area (Å²) < 4.78 is 6.64. The van der Waals surface area contributed by atoms with Gasteiger partial charge in [0, 0.05) is 49.9 Å². The molecule has 0 N–H and O–H groups in total. The molecule has 5 rings (SSSR count). The summed E-state index contributed by atoms with van der Waals surface area (Å²) in [5, 5.41) is 5.17. The molecule has 4 aromatic rings. The van der Waals surface area contributed by atoms with Crippen LogP contribution in [-0.4, -0.2) is 63.6 Å². The van der Waals surface area contributed by atoms with Gasteiger partial charge in [-0.1, -0.05) is 41.7 Å². The van der Waals surface area contributed by atoms with E-state index in [2.05, 4.69) is 10.00 Å². The first-order valence-electron chi connectivity index (χ1n) is 11.1. The van der Waals surface area contributed by atoms with E-state index in [0.717, 1.165) is 35.5 Å². The quantitative estimate of drug-likeness (QED) is 0.441. The van der Waals surface area contributed by atoms with E-state index in [0.29, 0.717) is 35.3 Å². The summed E-state index contributed by atoms with van der Waals surface area (Å²) in [6.45, 7) is 5.28. The van der Waals surface area contributed by atoms with Gasteiger partial charge in [-0.3, -0.25) is 14.5 Å². The van der Waals surface area contributed by atoms with Crippen LogP contribution in [0.5, 0.6) is 5.75 Å². The number of aryl methyl sites for hydroxylation is 1. The van der Waals surface area contributed by atoms with Crippen molar-refractivity contribution in [2.45, 2.75) is 13.5 Å². The number of rotatable bonds is 5. The summed E-state index contributed by atoms with van der Waals surface area (Å²) in [4.78, 5) is 35.0. The third-order valence-corrected chi connectivity index (χ3v) is 6.99. The standard InChI is InChI=1S/C25H25N5O3S/c1-17-6-3-4-9-21(17)24(32)29-12-10-28(11-13-29)16-19-15-22(31)30-25(26-19)34-23(27-30)18-7-5-8-20(14-18)33-2/h3-9,14-15H,10-13,16H2,1-2H3. The second kappa shape index (κ2) is 9.36. The molecule has 174 valence electrons. The van der Waals surface area contributed by atoms with Crippen LogP contribution in [0.15, 0.2) is 59.4 Å². The lowest BCUT2D eigenvalue weighted by atomic mass is 10.1. The van der Waals surface area contributed by atoms with Crippen molar-refractivity contribution in [3.63, 3.8) is 0 Å². The summed E-state index contributed by atoms with van der Waals surface area (Å²) in [7, 11) is 1.62. The number of piperazine rings is 1. The van der Waals surface area contributed by atoms with Gasteiger partial charge >= 0.3 is 0 Å². The molecular weight excluding hydrogens is 450 g/mol. The zero-order valence-corrected chi connectivity index (χ0v) is 19.9. The van der Waals surface area contributed by atoms with Crippen molar-refractivity contribution in [3.05, 3.63) is 81.8 Å². The van der Waals surface area contributed by atoms with Gasteiger partial charge in [0.05, 0.1) is 12.8 Å². The minimum atomic E-state index is -0.196. The maximum atomic E-state index is 12.9. The van der Waals surface area contributed by atoms with E-state index in [-0.39, 0.29) is 11.5 Å². The highest BCUT2D eigenvalue weighted by molar-refractivity contribution is 7.19. The molecule has 2 aromatic carbocycles. The highest BCUT2D eigenvalue weighted by Crippen LogP contribution is 2.27. The van der Waals surface area contributed by atoms with Crippen LogP contribution >= 0.6 is 11.3 Å². The highest BCUT2D eigenvalue weighted by atomic mass is 32.1. The molecule has 0 aliphatic carbocycles. The number of carbonyl (C=O) groups is 1. The second-order valence-corrected chi connectivity index (χ2v) is 9.26. The van der Waals surface area contributed by atoms with Crippen LogP contribution in [0.25, 0.3) is 15.5 Å². The molecule has 2 aromatic heterocycles. The molecule has 0 unspecified atom stereocenters. The van der Waals surface area contributed by atoms with Crippen molar-refractivity contribution in [2.75, 3.05) is 33.3 Å². The van der Waals surface area contributed by atoms with E-state index in [4.69, 9.17) is 9.72 Å². The van der Waals surface area contributed by atoms with Crippen LogP contribution in [0, 0.1) is 6.92 Å². The van der Waals surface area contributed by atoms with Crippen LogP contribution in [0.2, 0.25) is 0 Å². The lowest BCUT2D eigenvalue weighted by molar-refractivity contribution is 0.0626. The largest absolute Gasteiger partial charge is 0.497 e. The number of hydrogen-bond donors (Lipinski definition) is 0. The first kappa shape index (κ1) is 22.2. The van der Waals surface area contributed by atoms with Gasteiger partial charge in [0.15, 0.2) is 0 Å². The zero-order chi connectivity index (χ0) is 23.7. The lowest BCUT2D eigenvalue weighted by Gasteiger charge is -2.34. The molecule has 0 saturated carbocycles. The van der Waals surface area contributed by atoms with Crippen molar-refractivity contribution >= 4 is 22.2 Å². The molecule has 1 fully saturated rings. The molecule has 1 aliphatic heterocycles. The summed E-state index contributed by atoms with van der Waals surface area (Å²) in [6.07, 6.45) is 0. The van der Waals surface area contributed by atoms with Crippen LogP contribution < -0.4 is 10.3 Å². The number of amides is 1. The van der Waals surface area contributed by atoms with Crippen molar-refractivity contribution < 1.29 is 9.53 Å². The fourth-order valence-electron chi connectivity index (χ4n) is 4.13. The Kier molecular flexibility index (Phi) is 6.12. The first-order valence-corrected chi connectivity index (χ1v) is 11.9. The number of methoxy groups -OCH3 is 1. The summed E-state index contributed by atoms with van der Waals surface area (Å²) in [5.74, 6) is 0.808. The van der Waals surface area contributed by atoms with Crippen molar-refractivity contribution in [2.24, 2.45) is 0 Å². The van der Waals surface area contributed by atoms with Gasteiger partial charge in [0.2, 0.25) is 4.96 Å². The number of benzene rings is 2. The topological polar surface area (TPSA) is 80.0 Å². The molecule has 8 nitrogen and oxygen atoms in total. The highest BCUT2D eigenvalue weighted by Gasteiger charge is 2.23. The molecule has 0 atom stereocenters. The van der Waals surface area contributed by atoms with Gasteiger partial charge in [-0.2, -0.15) is 9.61 Å². The molecule has 1 amide bonds. The average molecular weight is 476 g/mol. The first-order chi connectivity index (χ1) is 16.5. The van der Waals surface area contributed by atoms with Crippen molar-refractivity contribution in [3.8, 4) is 16.3 Å². The van der Waals surface area contributed by atoms with Crippen molar-refractivity contribution in [1.29, 1.82) is 0 Å². The van der Waals surface area contributed by atoms with Crippen LogP contribution in [-0.2, 0) is 6.54 Å². The van der Waals surface area contributed by atoms with Gasteiger partial charge in [-0.15, -0.1) is 0 Å². The maximum Gasteiger partial charge on any atom is 0.275 e. The number of nitrogens with zero attached hydrogens (tertiary/aromatic N) is 5. The molecular formula is C25H25N5O3S. The normalized spacial score (nSPS) is 14.5. The zero-order valence-electron chi connectivity index (χ0n) is 19.1. The lowest BCUT2D eigenvalue weighted by Crippen LogP contribution is -2.48. The predicted molar refractivity (Wildman–Crippen MR) is 131 cm³/mol. The third kappa shape index (κ3) is 4.44. The Morgan fingerprint density at radius 1 is 1.06 bits per heavy atom. The molecule has 9 heteroatoms. The Morgan fingerprint density at radius 2 is 1.85 bits per heavy atom. The molecule has 3 heterocycles. The molecule has 1 saturated heterocycles. The van der Waals surface area contributed by atoms with E-state index in [1.54, 1.807) is 13.2 Å². The summed E-state index contributed by atoms with van der Waals surface area (Å²) in [6, 6.07) is 16.8. The van der Waals surface area contributed by atoms with Gasteiger partial charge < -0.3 is 9.64 Å². The minimum Gasteiger partial charge on any atom is -0.497 e. The Hall–Kier alpha value is -3.56. The smallest absolute Gasteiger partial charge is 0.275 e. The molecule has 0 bridgehead atoms. The molecule has 34 heavy (non-hydrogen) atoms. The molecule has 0 radical (unpaired) electrons. The number of fused-ring (bicyclic) bond motifs is 1. The number of aromatic nitrogens is 3. The second-order valence-electron chi connectivity index (χ2n) is 8.30. The van der Waals surface area contributed by atoms with Gasteiger partial charge in [-0.05, 0) is 30.7 Å². The summed E-state index contributed by atoms with van der Waals surface area (Å²) in [5.41, 5.74) is 3.15. The Morgan fingerprint density at radius 3 is 2.62 bits per heavy atom. The predicted octanol–water partition coefficient (Wildman–Crippen LogP) is 3.09. The number of hydrogen-bond acceptors (Lipinski definition) is 7. The van der Waals surface area contributed by atoms with E-state index >= 15 is 0 Å². The molecule has 1 aliphatic rings. The Balaban J connectivity index is 1.29. The number of ether oxygens (including phenoxy) is 1. The average Bonchev–Trinajstić information content (AvgIpc) is 3.29. The van der Waals surface area contributed by atoms with Gasteiger partial charge in [-0.25, -0.2) is 4.98 Å². The van der Waals surface area contributed by atoms with Crippen LogP contribution in [0.1, 0.15) is 21.6 Å². The summed E-state index contributed by atoms with van der Waals surface area (Å²) >= 11 is 1.38. The van der Waals surface area contributed by atoms with E-state index in [1.807, 2.05) is 60.4 Å². The van der Waals surface area contributed by atoms with E-state index < -0.39 is 0 Å². The Labute approximate surface area is 201 Å². The SMILES string of the molecule is COc1cccc(-c2nn3c(=O)cc(CN4CCN(C(=O)c5ccccc5C)CC4)nc3s2)c1. The number of carbonyl (C=O) groups excluding carboxylic acids is 1.